The fourth-order valence-electron chi connectivity index (χ4n) is 3.77. The Kier molecular flexibility index (Phi) is 4.90. The number of amides is 1. The second kappa shape index (κ2) is 7.50. The Bertz CT molecular complexity index is 972. The maximum atomic E-state index is 12.9. The summed E-state index contributed by atoms with van der Waals surface area (Å²) >= 11 is 0. The molecule has 4 rings (SSSR count). The number of fused-ring (bicyclic) bond motifs is 1. The third-order valence-corrected chi connectivity index (χ3v) is 5.32. The monoisotopic (exact) mass is 376 g/mol. The number of rotatable bonds is 5. The van der Waals surface area contributed by atoms with Gasteiger partial charge in [0.2, 0.25) is 5.91 Å². The average molecular weight is 376 g/mol. The van der Waals surface area contributed by atoms with Crippen LogP contribution >= 0.6 is 0 Å². The number of hydrogen-bond acceptors (Lipinski definition) is 4. The summed E-state index contributed by atoms with van der Waals surface area (Å²) in [5.41, 5.74) is 5.08. The summed E-state index contributed by atoms with van der Waals surface area (Å²) in [6.45, 7) is 6.30. The van der Waals surface area contributed by atoms with Gasteiger partial charge in [0.15, 0.2) is 0 Å². The van der Waals surface area contributed by atoms with Gasteiger partial charge in [-0.05, 0) is 56.5 Å². The number of ether oxygens (including phenoxy) is 1. The van der Waals surface area contributed by atoms with E-state index in [4.69, 9.17) is 9.26 Å². The molecule has 0 radical (unpaired) electrons. The highest BCUT2D eigenvalue weighted by molar-refractivity contribution is 5.97. The van der Waals surface area contributed by atoms with Crippen LogP contribution in [0.15, 0.2) is 53.1 Å². The molecule has 0 N–H and O–H groups in total. The zero-order chi connectivity index (χ0) is 19.7. The van der Waals surface area contributed by atoms with Crippen LogP contribution in [0.25, 0.3) is 0 Å². The molecule has 1 aromatic heterocycles. The van der Waals surface area contributed by atoms with Crippen LogP contribution in [-0.2, 0) is 24.2 Å². The predicted molar refractivity (Wildman–Crippen MR) is 108 cm³/mol. The lowest BCUT2D eigenvalue weighted by Crippen LogP contribution is -2.36. The lowest BCUT2D eigenvalue weighted by Gasteiger charge is -2.23. The first-order valence-corrected chi connectivity index (χ1v) is 9.56. The minimum absolute atomic E-state index is 0.127. The van der Waals surface area contributed by atoms with Gasteiger partial charge in [-0.3, -0.25) is 4.79 Å². The first-order chi connectivity index (χ1) is 13.5. The highest BCUT2D eigenvalue weighted by atomic mass is 16.5. The quantitative estimate of drug-likeness (QED) is 0.663. The van der Waals surface area contributed by atoms with E-state index >= 15 is 0 Å². The second-order valence-corrected chi connectivity index (χ2v) is 7.36. The van der Waals surface area contributed by atoms with Crippen molar-refractivity contribution in [2.75, 3.05) is 4.90 Å². The van der Waals surface area contributed by atoms with Crippen molar-refractivity contribution in [3.8, 4) is 5.75 Å². The fourth-order valence-corrected chi connectivity index (χ4v) is 3.77. The molecule has 1 aliphatic heterocycles. The van der Waals surface area contributed by atoms with Crippen molar-refractivity contribution in [3.63, 3.8) is 0 Å². The molecule has 1 aliphatic rings. The van der Waals surface area contributed by atoms with Gasteiger partial charge in [0.05, 0.1) is 17.7 Å². The topological polar surface area (TPSA) is 55.6 Å². The molecule has 2 heterocycles. The van der Waals surface area contributed by atoms with Crippen LogP contribution in [0.1, 0.15) is 35.1 Å². The van der Waals surface area contributed by atoms with E-state index in [9.17, 15) is 4.79 Å². The summed E-state index contributed by atoms with van der Waals surface area (Å²) in [5, 5.41) is 3.94. The van der Waals surface area contributed by atoms with Gasteiger partial charge in [0.1, 0.15) is 18.1 Å². The number of aromatic nitrogens is 1. The smallest absolute Gasteiger partial charge is 0.231 e. The summed E-state index contributed by atoms with van der Waals surface area (Å²) in [7, 11) is 0. The summed E-state index contributed by atoms with van der Waals surface area (Å²) in [4.78, 5) is 14.8. The number of benzene rings is 2. The van der Waals surface area contributed by atoms with E-state index in [0.29, 0.717) is 13.0 Å². The van der Waals surface area contributed by atoms with E-state index in [1.165, 1.54) is 5.56 Å². The number of para-hydroxylation sites is 1. The van der Waals surface area contributed by atoms with Crippen LogP contribution in [-0.4, -0.2) is 17.1 Å². The predicted octanol–water partition coefficient (Wildman–Crippen LogP) is 4.39. The molecule has 3 aromatic rings. The molecule has 0 fully saturated rings. The van der Waals surface area contributed by atoms with E-state index in [0.717, 1.165) is 40.4 Å². The standard InChI is InChI=1S/C23H24N2O3/c1-15-12-19-6-4-5-7-22(19)25(15)23(26)13-18-8-10-20(11-9-18)27-14-21-16(2)24-28-17(21)3/h4-11,15H,12-14H2,1-3H3/t15-/m1/s1. The normalized spacial score (nSPS) is 15.5. The Morgan fingerprint density at radius 1 is 1.18 bits per heavy atom. The highest BCUT2D eigenvalue weighted by Crippen LogP contribution is 2.32. The zero-order valence-electron chi connectivity index (χ0n) is 16.4. The molecule has 2 aromatic carbocycles. The molecule has 1 amide bonds. The molecule has 0 aliphatic carbocycles. The Labute approximate surface area is 164 Å². The highest BCUT2D eigenvalue weighted by Gasteiger charge is 2.30. The lowest BCUT2D eigenvalue weighted by molar-refractivity contribution is -0.118. The zero-order valence-corrected chi connectivity index (χ0v) is 16.4. The average Bonchev–Trinajstić information content (AvgIpc) is 3.19. The molecule has 0 saturated heterocycles. The SMILES string of the molecule is Cc1noc(C)c1COc1ccc(CC(=O)N2c3ccccc3C[C@H]2C)cc1. The van der Waals surface area contributed by atoms with Gasteiger partial charge in [-0.25, -0.2) is 0 Å². The Morgan fingerprint density at radius 2 is 1.93 bits per heavy atom. The van der Waals surface area contributed by atoms with Crippen molar-refractivity contribution in [2.24, 2.45) is 0 Å². The number of carbonyl (C=O) groups excluding carboxylic acids is 1. The molecular weight excluding hydrogens is 352 g/mol. The molecule has 5 heteroatoms. The van der Waals surface area contributed by atoms with Crippen LogP contribution in [0.3, 0.4) is 0 Å². The maximum absolute atomic E-state index is 12.9. The van der Waals surface area contributed by atoms with Crippen molar-refractivity contribution in [3.05, 3.63) is 76.7 Å². The third-order valence-electron chi connectivity index (χ3n) is 5.32. The van der Waals surface area contributed by atoms with Gasteiger partial charge in [-0.15, -0.1) is 0 Å². The van der Waals surface area contributed by atoms with Gasteiger partial charge in [0, 0.05) is 11.7 Å². The van der Waals surface area contributed by atoms with Crippen LogP contribution in [0.2, 0.25) is 0 Å². The minimum Gasteiger partial charge on any atom is -0.489 e. The lowest BCUT2D eigenvalue weighted by atomic mass is 10.1. The van der Waals surface area contributed by atoms with E-state index in [-0.39, 0.29) is 11.9 Å². The number of hydrogen-bond donors (Lipinski definition) is 0. The molecule has 0 bridgehead atoms. The van der Waals surface area contributed by atoms with Gasteiger partial charge < -0.3 is 14.2 Å². The first-order valence-electron chi connectivity index (χ1n) is 9.56. The van der Waals surface area contributed by atoms with Gasteiger partial charge in [0.25, 0.3) is 0 Å². The van der Waals surface area contributed by atoms with Crippen LogP contribution < -0.4 is 9.64 Å². The largest absolute Gasteiger partial charge is 0.489 e. The molecule has 0 spiro atoms. The van der Waals surface area contributed by atoms with Gasteiger partial charge in [-0.1, -0.05) is 35.5 Å². The van der Waals surface area contributed by atoms with Crippen LogP contribution in [0.5, 0.6) is 5.75 Å². The summed E-state index contributed by atoms with van der Waals surface area (Å²) < 4.78 is 11.0. The van der Waals surface area contributed by atoms with E-state index < -0.39 is 0 Å². The van der Waals surface area contributed by atoms with Crippen molar-refractivity contribution in [2.45, 2.75) is 46.3 Å². The van der Waals surface area contributed by atoms with E-state index in [1.54, 1.807) is 0 Å². The summed E-state index contributed by atoms with van der Waals surface area (Å²) in [5.74, 6) is 1.66. The summed E-state index contributed by atoms with van der Waals surface area (Å²) in [6, 6.07) is 16.1. The second-order valence-electron chi connectivity index (χ2n) is 7.36. The maximum Gasteiger partial charge on any atom is 0.231 e. The molecule has 0 saturated carbocycles. The Morgan fingerprint density at radius 3 is 2.64 bits per heavy atom. The van der Waals surface area contributed by atoms with Crippen LogP contribution in [0, 0.1) is 13.8 Å². The molecule has 1 atom stereocenters. The Hall–Kier alpha value is -3.08. The first kappa shape index (κ1) is 18.3. The summed E-state index contributed by atoms with van der Waals surface area (Å²) in [6.07, 6.45) is 1.29. The number of nitrogens with zero attached hydrogens (tertiary/aromatic N) is 2. The number of carbonyl (C=O) groups is 1. The molecule has 28 heavy (non-hydrogen) atoms. The molecule has 5 nitrogen and oxygen atoms in total. The van der Waals surface area contributed by atoms with Crippen molar-refractivity contribution in [1.82, 2.24) is 5.16 Å². The van der Waals surface area contributed by atoms with Crippen molar-refractivity contribution < 1.29 is 14.1 Å². The van der Waals surface area contributed by atoms with Crippen molar-refractivity contribution >= 4 is 11.6 Å². The number of anilines is 1. The van der Waals surface area contributed by atoms with Crippen molar-refractivity contribution in [1.29, 1.82) is 0 Å². The van der Waals surface area contributed by atoms with Crippen LogP contribution in [0.4, 0.5) is 5.69 Å². The molecular formula is C23H24N2O3. The fraction of sp³-hybridized carbons (Fsp3) is 0.304. The minimum atomic E-state index is 0.127. The van der Waals surface area contributed by atoms with E-state index in [2.05, 4.69) is 18.1 Å². The third kappa shape index (κ3) is 3.52. The molecule has 144 valence electrons. The van der Waals surface area contributed by atoms with E-state index in [1.807, 2.05) is 61.2 Å². The van der Waals surface area contributed by atoms with Gasteiger partial charge >= 0.3 is 0 Å². The number of aryl methyl sites for hydroxylation is 2. The Balaban J connectivity index is 1.40. The molecule has 0 unspecified atom stereocenters. The van der Waals surface area contributed by atoms with Gasteiger partial charge in [-0.2, -0.15) is 0 Å².